The number of hydrogen-bond donors (Lipinski definition) is 3. The number of hydrazine groups is 1. The van der Waals surface area contributed by atoms with Crippen molar-refractivity contribution in [2.75, 3.05) is 6.61 Å². The predicted molar refractivity (Wildman–Crippen MR) is 131 cm³/mol. The number of amides is 2. The highest BCUT2D eigenvalue weighted by atomic mass is 32.2. The van der Waals surface area contributed by atoms with Crippen LogP contribution in [0.1, 0.15) is 39.2 Å². The van der Waals surface area contributed by atoms with Crippen molar-refractivity contribution in [1.29, 1.82) is 0 Å². The van der Waals surface area contributed by atoms with Crippen LogP contribution in [0.15, 0.2) is 83.8 Å². The first kappa shape index (κ1) is 27.0. The number of nitrogens with one attached hydrogen (secondary N) is 3. The highest BCUT2D eigenvalue weighted by Gasteiger charge is 2.21. The van der Waals surface area contributed by atoms with E-state index in [1.165, 1.54) is 36.4 Å². The fraction of sp³-hybridized carbons (Fsp3) is 0.125. The minimum absolute atomic E-state index is 0.0697. The van der Waals surface area contributed by atoms with Gasteiger partial charge in [0.05, 0.1) is 15.4 Å². The predicted octanol–water partition coefficient (Wildman–Crippen LogP) is 2.25. The molecule has 0 heterocycles. The molecule has 0 saturated carbocycles. The lowest BCUT2D eigenvalue weighted by Crippen LogP contribution is -2.43. The van der Waals surface area contributed by atoms with E-state index in [2.05, 4.69) is 4.72 Å². The summed E-state index contributed by atoms with van der Waals surface area (Å²) in [6.07, 6.45) is 0. The molecule has 192 valence electrons. The summed E-state index contributed by atoms with van der Waals surface area (Å²) in [6.45, 7) is 0.899. The molecule has 1 atom stereocenters. The van der Waals surface area contributed by atoms with Gasteiger partial charge in [0.1, 0.15) is 0 Å². The lowest BCUT2D eigenvalue weighted by atomic mass is 10.1. The van der Waals surface area contributed by atoms with Gasteiger partial charge in [-0.2, -0.15) is 0 Å². The molecule has 1 unspecified atom stereocenters. The normalized spacial score (nSPS) is 11.7. The summed E-state index contributed by atoms with van der Waals surface area (Å²) >= 11 is 0. The maximum atomic E-state index is 12.8. The first-order chi connectivity index (χ1) is 17.6. The average molecular weight is 527 g/mol. The maximum absolute atomic E-state index is 12.8. The van der Waals surface area contributed by atoms with Gasteiger partial charge in [-0.25, -0.2) is 17.9 Å². The number of carbonyl (C=O) groups excluding carboxylic acids is 3. The molecule has 0 spiro atoms. The number of rotatable bonds is 9. The third-order valence-electron chi connectivity index (χ3n) is 4.98. The van der Waals surface area contributed by atoms with Crippen LogP contribution in [0.3, 0.4) is 0 Å². The van der Waals surface area contributed by atoms with E-state index in [1.54, 1.807) is 31.2 Å². The first-order valence-electron chi connectivity index (χ1n) is 10.7. The molecule has 3 rings (SSSR count). The Morgan fingerprint density at radius 3 is 2.30 bits per heavy atom. The smallest absolute Gasteiger partial charge is 0.338 e. The highest BCUT2D eigenvalue weighted by Crippen LogP contribution is 2.18. The Morgan fingerprint density at radius 1 is 0.919 bits per heavy atom. The number of nitrogens with zero attached hydrogens (tertiary/aromatic N) is 1. The quantitative estimate of drug-likeness (QED) is 0.216. The van der Waals surface area contributed by atoms with Crippen LogP contribution in [-0.2, 0) is 19.6 Å². The fourth-order valence-electron chi connectivity index (χ4n) is 3.11. The third-order valence-corrected chi connectivity index (χ3v) is 6.52. The van der Waals surface area contributed by atoms with Gasteiger partial charge in [-0.15, -0.1) is 0 Å². The van der Waals surface area contributed by atoms with E-state index >= 15 is 0 Å². The van der Waals surface area contributed by atoms with Crippen LogP contribution in [0.2, 0.25) is 0 Å². The van der Waals surface area contributed by atoms with Crippen molar-refractivity contribution >= 4 is 33.5 Å². The minimum Gasteiger partial charge on any atom is -0.452 e. The van der Waals surface area contributed by atoms with Crippen LogP contribution >= 0.6 is 0 Å². The summed E-state index contributed by atoms with van der Waals surface area (Å²) in [5, 5.41) is 10.8. The van der Waals surface area contributed by atoms with Gasteiger partial charge in [0.15, 0.2) is 6.61 Å². The summed E-state index contributed by atoms with van der Waals surface area (Å²) in [5.41, 5.74) is 4.34. The Hall–Kier alpha value is -4.62. The molecule has 3 N–H and O–H groups in total. The van der Waals surface area contributed by atoms with E-state index in [0.717, 1.165) is 17.7 Å². The van der Waals surface area contributed by atoms with Gasteiger partial charge < -0.3 is 4.74 Å². The standard InChI is InChI=1S/C24H22N4O8S/c1-16(17-7-3-2-4-8-17)27-37(34,35)21-12-6-10-19(14-21)24(31)36-15-22(29)25-26-23(30)18-9-5-11-20(13-18)28(32)33/h2-14,16,27H,15H2,1H3,(H,25,29)(H,26,30). The molecule has 0 aliphatic rings. The minimum atomic E-state index is -3.97. The lowest BCUT2D eigenvalue weighted by Gasteiger charge is -2.15. The molecule has 13 heteroatoms. The second-order valence-corrected chi connectivity index (χ2v) is 9.38. The van der Waals surface area contributed by atoms with Crippen molar-refractivity contribution in [1.82, 2.24) is 15.6 Å². The zero-order chi connectivity index (χ0) is 27.0. The van der Waals surface area contributed by atoms with Crippen molar-refractivity contribution in [3.63, 3.8) is 0 Å². The van der Waals surface area contributed by atoms with Gasteiger partial charge in [0.25, 0.3) is 17.5 Å². The molecule has 0 aliphatic heterocycles. The third kappa shape index (κ3) is 7.43. The Morgan fingerprint density at radius 2 is 1.59 bits per heavy atom. The van der Waals surface area contributed by atoms with Crippen LogP contribution in [0, 0.1) is 10.1 Å². The second kappa shape index (κ2) is 11.9. The van der Waals surface area contributed by atoms with Gasteiger partial charge in [-0.05, 0) is 36.8 Å². The number of hydrogen-bond acceptors (Lipinski definition) is 8. The molecule has 0 bridgehead atoms. The van der Waals surface area contributed by atoms with Crippen molar-refractivity contribution < 1.29 is 32.5 Å². The summed E-state index contributed by atoms with van der Waals surface area (Å²) in [6, 6.07) is 18.4. The first-order valence-corrected chi connectivity index (χ1v) is 12.2. The topological polar surface area (TPSA) is 174 Å². The van der Waals surface area contributed by atoms with Crippen LogP contribution in [-0.4, -0.2) is 37.7 Å². The molecule has 0 aromatic heterocycles. The van der Waals surface area contributed by atoms with Crippen LogP contribution in [0.5, 0.6) is 0 Å². The highest BCUT2D eigenvalue weighted by molar-refractivity contribution is 7.89. The lowest BCUT2D eigenvalue weighted by molar-refractivity contribution is -0.384. The van der Waals surface area contributed by atoms with E-state index in [-0.39, 0.29) is 21.7 Å². The molecule has 12 nitrogen and oxygen atoms in total. The number of ether oxygens (including phenoxy) is 1. The van der Waals surface area contributed by atoms with E-state index in [4.69, 9.17) is 4.74 Å². The summed E-state index contributed by atoms with van der Waals surface area (Å²) in [4.78, 5) is 46.4. The van der Waals surface area contributed by atoms with Crippen LogP contribution in [0.25, 0.3) is 0 Å². The monoisotopic (exact) mass is 526 g/mol. The molecule has 0 radical (unpaired) electrons. The number of benzene rings is 3. The number of sulfonamides is 1. The molecule has 2 amide bonds. The van der Waals surface area contributed by atoms with Gasteiger partial charge in [0.2, 0.25) is 10.0 Å². The molecular weight excluding hydrogens is 504 g/mol. The fourth-order valence-corrected chi connectivity index (χ4v) is 4.39. The van der Waals surface area contributed by atoms with E-state index in [0.29, 0.717) is 0 Å². The van der Waals surface area contributed by atoms with Crippen molar-refractivity contribution in [2.45, 2.75) is 17.9 Å². The number of esters is 1. The number of non-ortho nitro benzene ring substituents is 1. The van der Waals surface area contributed by atoms with Crippen LogP contribution < -0.4 is 15.6 Å². The Bertz CT molecular complexity index is 1430. The Balaban J connectivity index is 1.55. The average Bonchev–Trinajstić information content (AvgIpc) is 2.90. The van der Waals surface area contributed by atoms with Crippen molar-refractivity contribution in [2.24, 2.45) is 0 Å². The summed E-state index contributed by atoms with van der Waals surface area (Å²) in [7, 11) is -3.97. The number of carbonyl (C=O) groups is 3. The van der Waals surface area contributed by atoms with Crippen molar-refractivity contribution in [3.05, 3.63) is 106 Å². The largest absolute Gasteiger partial charge is 0.452 e. The summed E-state index contributed by atoms with van der Waals surface area (Å²) < 4.78 is 33.0. The summed E-state index contributed by atoms with van der Waals surface area (Å²) in [5.74, 6) is -2.68. The van der Waals surface area contributed by atoms with E-state index in [9.17, 15) is 32.9 Å². The van der Waals surface area contributed by atoms with Crippen LogP contribution in [0.4, 0.5) is 5.69 Å². The Labute approximate surface area is 211 Å². The van der Waals surface area contributed by atoms with E-state index in [1.807, 2.05) is 16.9 Å². The van der Waals surface area contributed by atoms with Gasteiger partial charge in [0, 0.05) is 23.7 Å². The zero-order valence-electron chi connectivity index (χ0n) is 19.4. The second-order valence-electron chi connectivity index (χ2n) is 7.67. The van der Waals surface area contributed by atoms with Gasteiger partial charge >= 0.3 is 5.97 Å². The van der Waals surface area contributed by atoms with Gasteiger partial charge in [-0.3, -0.25) is 30.6 Å². The number of nitro benzene ring substituents is 1. The molecule has 0 aliphatic carbocycles. The van der Waals surface area contributed by atoms with E-state index < -0.39 is 45.4 Å². The number of nitro groups is 1. The molecule has 0 fully saturated rings. The molecule has 37 heavy (non-hydrogen) atoms. The maximum Gasteiger partial charge on any atom is 0.338 e. The molecular formula is C24H22N4O8S. The van der Waals surface area contributed by atoms with Crippen molar-refractivity contribution in [3.8, 4) is 0 Å². The Kier molecular flexibility index (Phi) is 8.66. The molecule has 0 saturated heterocycles. The molecule has 3 aromatic rings. The van der Waals surface area contributed by atoms with Gasteiger partial charge in [-0.1, -0.05) is 42.5 Å². The zero-order valence-corrected chi connectivity index (χ0v) is 20.2. The molecule has 3 aromatic carbocycles. The SMILES string of the molecule is CC(NS(=O)(=O)c1cccc(C(=O)OCC(=O)NNC(=O)c2cccc([N+](=O)[O-])c2)c1)c1ccccc1.